The first kappa shape index (κ1) is 18.9. The fraction of sp³-hybridized carbons (Fsp3) is 0.550. The summed E-state index contributed by atoms with van der Waals surface area (Å²) in [6.07, 6.45) is 5.03. The van der Waals surface area contributed by atoms with Crippen molar-refractivity contribution in [2.45, 2.75) is 45.1 Å². The Morgan fingerprint density at radius 1 is 1.32 bits per heavy atom. The van der Waals surface area contributed by atoms with Crippen LogP contribution in [0, 0.1) is 5.82 Å². The summed E-state index contributed by atoms with van der Waals surface area (Å²) in [7, 11) is 1.55. The first-order valence-electron chi connectivity index (χ1n) is 9.75. The van der Waals surface area contributed by atoms with Gasteiger partial charge in [-0.25, -0.2) is 14.2 Å². The van der Waals surface area contributed by atoms with Crippen molar-refractivity contribution >= 4 is 17.2 Å². The zero-order valence-electron chi connectivity index (χ0n) is 16.2. The van der Waals surface area contributed by atoms with Crippen LogP contribution in [0.3, 0.4) is 0 Å². The molecule has 0 spiro atoms. The van der Waals surface area contributed by atoms with Gasteiger partial charge in [-0.1, -0.05) is 0 Å². The van der Waals surface area contributed by atoms with Gasteiger partial charge in [0.25, 0.3) is 5.56 Å². The number of ether oxygens (including phenoxy) is 2. The van der Waals surface area contributed by atoms with E-state index in [9.17, 15) is 9.59 Å². The molecule has 28 heavy (non-hydrogen) atoms. The van der Waals surface area contributed by atoms with Crippen molar-refractivity contribution in [3.63, 3.8) is 0 Å². The second-order valence-corrected chi connectivity index (χ2v) is 7.30. The highest BCUT2D eigenvalue weighted by Gasteiger charge is 2.33. The van der Waals surface area contributed by atoms with Gasteiger partial charge in [-0.05, 0) is 32.6 Å². The van der Waals surface area contributed by atoms with E-state index in [1.807, 2.05) is 4.90 Å². The number of hydrogen-bond donors (Lipinski definition) is 0. The van der Waals surface area contributed by atoms with Gasteiger partial charge in [0, 0.05) is 31.7 Å². The molecule has 8 heteroatoms. The molecule has 3 heterocycles. The molecule has 0 amide bonds. The Morgan fingerprint density at radius 2 is 2.04 bits per heavy atom. The molecule has 7 nitrogen and oxygen atoms in total. The predicted octanol–water partition coefficient (Wildman–Crippen LogP) is 2.63. The molecule has 0 bridgehead atoms. The minimum Gasteiger partial charge on any atom is -0.461 e. The number of halogens is 1. The highest BCUT2D eigenvalue weighted by molar-refractivity contribution is 5.88. The van der Waals surface area contributed by atoms with Gasteiger partial charge in [-0.2, -0.15) is 0 Å². The second kappa shape index (κ2) is 7.50. The second-order valence-electron chi connectivity index (χ2n) is 7.30. The van der Waals surface area contributed by atoms with Crippen LogP contribution in [0.1, 0.15) is 60.3 Å². The smallest absolute Gasteiger partial charge is 0.362 e. The molecule has 1 saturated heterocycles. The minimum atomic E-state index is -0.777. The molecule has 2 aliphatic rings. The van der Waals surface area contributed by atoms with E-state index in [1.165, 1.54) is 10.6 Å². The van der Waals surface area contributed by atoms with E-state index in [0.717, 1.165) is 38.8 Å². The van der Waals surface area contributed by atoms with Crippen LogP contribution in [0.25, 0.3) is 5.52 Å². The average Bonchev–Trinajstić information content (AvgIpc) is 3.37. The molecule has 0 radical (unpaired) electrons. The van der Waals surface area contributed by atoms with Gasteiger partial charge >= 0.3 is 5.97 Å². The topological polar surface area (TPSA) is 73.1 Å². The number of anilines is 1. The molecule has 0 atom stereocenters. The van der Waals surface area contributed by atoms with Gasteiger partial charge in [-0.15, -0.1) is 0 Å². The molecule has 1 saturated carbocycles. The van der Waals surface area contributed by atoms with Crippen LogP contribution in [-0.2, 0) is 16.1 Å². The van der Waals surface area contributed by atoms with Crippen LogP contribution >= 0.6 is 0 Å². The highest BCUT2D eigenvalue weighted by atomic mass is 19.1. The highest BCUT2D eigenvalue weighted by Crippen LogP contribution is 2.43. The number of nitrogens with zero attached hydrogens (tertiary/aromatic N) is 3. The van der Waals surface area contributed by atoms with E-state index < -0.39 is 17.3 Å². The minimum absolute atomic E-state index is 0.138. The summed E-state index contributed by atoms with van der Waals surface area (Å²) in [5.74, 6) is -1.12. The third-order valence-electron chi connectivity index (χ3n) is 5.32. The molecular weight excluding hydrogens is 365 g/mol. The van der Waals surface area contributed by atoms with E-state index in [2.05, 4.69) is 4.98 Å². The van der Waals surface area contributed by atoms with Crippen LogP contribution in [0.4, 0.5) is 10.1 Å². The maximum Gasteiger partial charge on any atom is 0.362 e. The van der Waals surface area contributed by atoms with Crippen molar-refractivity contribution in [3.8, 4) is 0 Å². The van der Waals surface area contributed by atoms with Crippen LogP contribution in [0.5, 0.6) is 0 Å². The SMILES string of the molecule is CCOC(=O)c1nc(C2CC2)c2c(COC)c(N3CCCC3)c(F)cn2c1=O. The summed E-state index contributed by atoms with van der Waals surface area (Å²) in [5.41, 5.74) is 1.35. The maximum absolute atomic E-state index is 15.2. The summed E-state index contributed by atoms with van der Waals surface area (Å²) in [6.45, 7) is 3.49. The van der Waals surface area contributed by atoms with Crippen molar-refractivity contribution in [1.82, 2.24) is 9.38 Å². The Bertz CT molecular complexity index is 978. The summed E-state index contributed by atoms with van der Waals surface area (Å²) < 4.78 is 26.7. The van der Waals surface area contributed by atoms with E-state index in [-0.39, 0.29) is 24.8 Å². The summed E-state index contributed by atoms with van der Waals surface area (Å²) in [4.78, 5) is 31.6. The van der Waals surface area contributed by atoms with Crippen molar-refractivity contribution < 1.29 is 18.7 Å². The lowest BCUT2D eigenvalue weighted by molar-refractivity contribution is 0.0516. The Morgan fingerprint density at radius 3 is 2.64 bits per heavy atom. The number of fused-ring (bicyclic) bond motifs is 1. The number of carbonyl (C=O) groups is 1. The van der Waals surface area contributed by atoms with Crippen LogP contribution in [-0.4, -0.2) is 42.2 Å². The number of pyridine rings is 1. The molecule has 2 fully saturated rings. The lowest BCUT2D eigenvalue weighted by Gasteiger charge is -2.24. The Labute approximate surface area is 162 Å². The number of aromatic nitrogens is 2. The standard InChI is InChI=1S/C20H24FN3O4/c1-3-28-20(26)16-19(25)24-10-14(21)17(23-8-4-5-9-23)13(11-27-2)18(24)15(22-16)12-6-7-12/h10,12H,3-9,11H2,1-2H3. The zero-order chi connectivity index (χ0) is 19.8. The summed E-state index contributed by atoms with van der Waals surface area (Å²) >= 11 is 0. The van der Waals surface area contributed by atoms with E-state index >= 15 is 4.39 Å². The fourth-order valence-electron chi connectivity index (χ4n) is 3.95. The van der Waals surface area contributed by atoms with Gasteiger partial charge in [0.15, 0.2) is 5.82 Å². The number of methoxy groups -OCH3 is 1. The van der Waals surface area contributed by atoms with Gasteiger partial charge in [0.05, 0.1) is 36.3 Å². The number of carbonyl (C=O) groups excluding carboxylic acids is 1. The van der Waals surface area contributed by atoms with Crippen molar-refractivity contribution in [1.29, 1.82) is 0 Å². The third-order valence-corrected chi connectivity index (χ3v) is 5.32. The zero-order valence-corrected chi connectivity index (χ0v) is 16.2. The summed E-state index contributed by atoms with van der Waals surface area (Å²) in [5, 5.41) is 0. The lowest BCUT2D eigenvalue weighted by Crippen LogP contribution is -2.29. The molecule has 4 rings (SSSR count). The van der Waals surface area contributed by atoms with Crippen LogP contribution in [0.2, 0.25) is 0 Å². The largest absolute Gasteiger partial charge is 0.461 e. The van der Waals surface area contributed by atoms with Crippen LogP contribution in [0.15, 0.2) is 11.0 Å². The monoisotopic (exact) mass is 389 g/mol. The third kappa shape index (κ3) is 3.15. The Kier molecular flexibility index (Phi) is 5.05. The van der Waals surface area contributed by atoms with Crippen molar-refractivity contribution in [2.75, 3.05) is 31.7 Å². The summed E-state index contributed by atoms with van der Waals surface area (Å²) in [6, 6.07) is 0. The van der Waals surface area contributed by atoms with Crippen LogP contribution < -0.4 is 10.5 Å². The van der Waals surface area contributed by atoms with E-state index in [4.69, 9.17) is 9.47 Å². The number of rotatable bonds is 6. The van der Waals surface area contributed by atoms with E-state index in [0.29, 0.717) is 22.5 Å². The fourth-order valence-corrected chi connectivity index (χ4v) is 3.95. The number of esters is 1. The molecule has 1 aliphatic heterocycles. The molecule has 2 aromatic rings. The van der Waals surface area contributed by atoms with Gasteiger partial charge in [0.1, 0.15) is 0 Å². The molecule has 1 aliphatic carbocycles. The lowest BCUT2D eigenvalue weighted by atomic mass is 10.1. The van der Waals surface area contributed by atoms with E-state index in [1.54, 1.807) is 14.0 Å². The first-order valence-corrected chi connectivity index (χ1v) is 9.75. The Balaban J connectivity index is 2.03. The van der Waals surface area contributed by atoms with Gasteiger partial charge < -0.3 is 14.4 Å². The molecule has 0 aromatic carbocycles. The van der Waals surface area contributed by atoms with Crippen molar-refractivity contribution in [2.24, 2.45) is 0 Å². The quantitative estimate of drug-likeness (QED) is 0.707. The van der Waals surface area contributed by atoms with Gasteiger partial charge in [-0.3, -0.25) is 9.20 Å². The molecule has 0 unspecified atom stereocenters. The van der Waals surface area contributed by atoms with Crippen molar-refractivity contribution in [3.05, 3.63) is 39.3 Å². The predicted molar refractivity (Wildman–Crippen MR) is 102 cm³/mol. The molecule has 150 valence electrons. The Hall–Kier alpha value is -2.48. The molecule has 2 aromatic heterocycles. The maximum atomic E-state index is 15.2. The first-order chi connectivity index (χ1) is 13.6. The van der Waals surface area contributed by atoms with Gasteiger partial charge in [0.2, 0.25) is 5.69 Å². The number of hydrogen-bond acceptors (Lipinski definition) is 6. The average molecular weight is 389 g/mol. The normalized spacial score (nSPS) is 16.8. The molecule has 0 N–H and O–H groups in total. The molecular formula is C20H24FN3O4.